The lowest BCUT2D eigenvalue weighted by Gasteiger charge is -2.17. The normalized spacial score (nSPS) is 14.7. The highest BCUT2D eigenvalue weighted by Gasteiger charge is 2.30. The van der Waals surface area contributed by atoms with Crippen LogP contribution in [0.1, 0.15) is 64.7 Å². The molecule has 4 unspecified atom stereocenters. The Hall–Kier alpha value is -6.83. The lowest BCUT2D eigenvalue weighted by Crippen LogP contribution is -2.30. The molecule has 358 valence electrons. The molecule has 0 aliphatic carbocycles. The van der Waals surface area contributed by atoms with Crippen LogP contribution in [0.4, 0.5) is 21.0 Å². The van der Waals surface area contributed by atoms with Crippen molar-refractivity contribution in [2.75, 3.05) is 30.5 Å². The Morgan fingerprint density at radius 1 is 0.727 bits per heavy atom. The van der Waals surface area contributed by atoms with E-state index in [2.05, 4.69) is 33.7 Å². The lowest BCUT2D eigenvalue weighted by molar-refractivity contribution is -0.191. The molecular formula is C52H68N2O12. The van der Waals surface area contributed by atoms with Crippen LogP contribution in [-0.4, -0.2) is 84.2 Å². The van der Waals surface area contributed by atoms with Gasteiger partial charge in [0.15, 0.2) is 0 Å². The number of aliphatic hydroxyl groups is 2. The van der Waals surface area contributed by atoms with Crippen molar-refractivity contribution in [2.45, 2.75) is 91.6 Å². The zero-order chi connectivity index (χ0) is 48.2. The van der Waals surface area contributed by atoms with E-state index in [1.807, 2.05) is 162 Å². The molecule has 14 nitrogen and oxygen atoms in total. The number of nitrogens with zero attached hydrogens (tertiary/aromatic N) is 1. The molecule has 6 N–H and O–H groups in total. The van der Waals surface area contributed by atoms with Crippen molar-refractivity contribution >= 4 is 35.7 Å². The van der Waals surface area contributed by atoms with Crippen LogP contribution in [-0.2, 0) is 52.6 Å². The highest BCUT2D eigenvalue weighted by atomic mass is 16.8. The molecular weight excluding hydrogens is 845 g/mol. The quantitative estimate of drug-likeness (QED) is 0.0682. The number of aryl methyl sites for hydroxylation is 1. The van der Waals surface area contributed by atoms with E-state index in [1.54, 1.807) is 11.8 Å². The van der Waals surface area contributed by atoms with Gasteiger partial charge in [-0.1, -0.05) is 134 Å². The summed E-state index contributed by atoms with van der Waals surface area (Å²) in [7, 11) is 0. The molecule has 0 saturated carbocycles. The number of carbonyl (C=O) groups excluding carboxylic acids is 5. The number of anilines is 2. The first-order valence-electron chi connectivity index (χ1n) is 21.4. The molecule has 2 aliphatic heterocycles. The molecule has 2 saturated heterocycles. The summed E-state index contributed by atoms with van der Waals surface area (Å²) in [5.74, 6) is 0.207. The minimum Gasteiger partial charge on any atom is -0.463 e. The molecule has 5 aromatic carbocycles. The molecule has 5 aromatic rings. The van der Waals surface area contributed by atoms with E-state index in [1.165, 1.54) is 11.1 Å². The van der Waals surface area contributed by atoms with E-state index in [4.69, 9.17) is 35.0 Å². The summed E-state index contributed by atoms with van der Waals surface area (Å²) < 4.78 is 18.8. The zero-order valence-corrected chi connectivity index (χ0v) is 38.9. The number of cyclic esters (lactones) is 3. The van der Waals surface area contributed by atoms with Crippen molar-refractivity contribution in [2.24, 2.45) is 5.92 Å². The average molecular weight is 913 g/mol. The van der Waals surface area contributed by atoms with Crippen molar-refractivity contribution in [1.82, 2.24) is 0 Å². The van der Waals surface area contributed by atoms with E-state index < -0.39 is 6.16 Å². The van der Waals surface area contributed by atoms with E-state index in [-0.39, 0.29) is 54.7 Å². The number of nitrogen functional groups attached to an aromatic ring is 1. The fourth-order valence-corrected chi connectivity index (χ4v) is 5.50. The van der Waals surface area contributed by atoms with Gasteiger partial charge < -0.3 is 40.4 Å². The second-order valence-electron chi connectivity index (χ2n) is 15.2. The minimum atomic E-state index is -0.549. The summed E-state index contributed by atoms with van der Waals surface area (Å²) in [5.41, 5.74) is 10.7. The topological polar surface area (TPSA) is 223 Å². The lowest BCUT2D eigenvalue weighted by atomic mass is 10.0. The van der Waals surface area contributed by atoms with Crippen molar-refractivity contribution in [3.63, 3.8) is 0 Å². The monoisotopic (exact) mass is 912 g/mol. The second-order valence-corrected chi connectivity index (χ2v) is 15.2. The van der Waals surface area contributed by atoms with Crippen LogP contribution in [0, 0.1) is 5.92 Å². The van der Waals surface area contributed by atoms with Gasteiger partial charge in [0.2, 0.25) is 0 Å². The van der Waals surface area contributed by atoms with Gasteiger partial charge in [-0.15, -0.1) is 0 Å². The van der Waals surface area contributed by atoms with Crippen molar-refractivity contribution in [1.29, 1.82) is 0 Å². The number of benzene rings is 5. The first kappa shape index (κ1) is 59.2. The van der Waals surface area contributed by atoms with E-state index in [9.17, 15) is 14.4 Å². The largest absolute Gasteiger partial charge is 0.508 e. The Morgan fingerprint density at radius 3 is 1.53 bits per heavy atom. The highest BCUT2D eigenvalue weighted by Crippen LogP contribution is 2.22. The van der Waals surface area contributed by atoms with Gasteiger partial charge in [-0.05, 0) is 101 Å². The molecule has 66 heavy (non-hydrogen) atoms. The fourth-order valence-electron chi connectivity index (χ4n) is 5.50. The molecule has 14 heteroatoms. The number of hydrogen-bond acceptors (Lipinski definition) is 12. The predicted molar refractivity (Wildman–Crippen MR) is 255 cm³/mol. The molecule has 2 heterocycles. The van der Waals surface area contributed by atoms with Gasteiger partial charge in [0.05, 0.1) is 24.7 Å². The second kappa shape index (κ2) is 36.5. The average Bonchev–Trinajstić information content (AvgIpc) is 3.86. The molecule has 0 radical (unpaired) electrons. The van der Waals surface area contributed by atoms with Gasteiger partial charge >= 0.3 is 24.4 Å². The molecule has 7 rings (SSSR count). The summed E-state index contributed by atoms with van der Waals surface area (Å²) in [4.78, 5) is 50.4. The first-order valence-corrected chi connectivity index (χ1v) is 21.4. The number of hydrogen-bond donors (Lipinski definition) is 3. The van der Waals surface area contributed by atoms with Crippen LogP contribution in [0.25, 0.3) is 0 Å². The van der Waals surface area contributed by atoms with Crippen LogP contribution in [0.15, 0.2) is 152 Å². The summed E-state index contributed by atoms with van der Waals surface area (Å²) >= 11 is 0. The van der Waals surface area contributed by atoms with Crippen LogP contribution in [0.2, 0.25) is 0 Å². The Bertz CT molecular complexity index is 2000. The third-order valence-corrected chi connectivity index (χ3v) is 8.64. The molecule has 2 aliphatic rings. The Balaban J connectivity index is 0.000000766. The maximum atomic E-state index is 11.3. The van der Waals surface area contributed by atoms with E-state index in [0.717, 1.165) is 36.2 Å². The molecule has 0 aromatic heterocycles. The smallest absolute Gasteiger partial charge is 0.463 e. The van der Waals surface area contributed by atoms with Crippen molar-refractivity contribution in [3.8, 4) is 0 Å². The summed E-state index contributed by atoms with van der Waals surface area (Å²) in [6.45, 7) is 12.5. The molecule has 2 fully saturated rings. The third kappa shape index (κ3) is 29.5. The molecule has 0 spiro atoms. The van der Waals surface area contributed by atoms with Gasteiger partial charge in [0, 0.05) is 18.0 Å². The van der Waals surface area contributed by atoms with Gasteiger partial charge in [-0.2, -0.15) is 9.59 Å². The number of rotatable bonds is 10. The van der Waals surface area contributed by atoms with Crippen molar-refractivity contribution in [3.05, 3.63) is 168 Å². The number of aliphatic hydroxyl groups excluding tert-OH is 2. The third-order valence-electron chi connectivity index (χ3n) is 8.64. The predicted octanol–water partition coefficient (Wildman–Crippen LogP) is 8.47. The Kier molecular flexibility index (Phi) is 32.7. The van der Waals surface area contributed by atoms with Gasteiger partial charge in [-0.3, -0.25) is 9.69 Å². The Morgan fingerprint density at radius 2 is 1.18 bits per heavy atom. The number of esters is 1. The summed E-state index contributed by atoms with van der Waals surface area (Å²) in [6.07, 6.45) is 2.34. The number of para-hydroxylation sites is 2. The number of carbonyl (C=O) groups is 3. The maximum absolute atomic E-state index is 11.3. The summed E-state index contributed by atoms with van der Waals surface area (Å²) in [5, 5.41) is 17.8. The molecule has 0 bridgehead atoms. The standard InChI is InChI=1S/C11H14O2.C10H11NO2.2C10H14O.C6H7N.C4H6O3.CO2.H2O/c1-9(2)13-11(12)8-10-6-4-3-5-7-10;1-8-7-13-10(12)11(8)9-5-3-2-4-6-9;1-9(8-11)7-10-5-3-2-4-6-10;1-9(11)7-8-10-5-3-2-4-6-10;7-6-4-2-1-3-5-6;1-3-2-6-4(5)7-3;2-1-3;/h3-7,9H,8H2,1-2H3;2-6,8H,7H2,1H3;2*2-6,9,11H,7-8H2,1H3;1-5H,7H2;3H,2H2,1H3;;1H2. The highest BCUT2D eigenvalue weighted by molar-refractivity contribution is 5.90. The fraction of sp³-hybridized carbons (Fsp3) is 0.346. The minimum absolute atomic E-state index is 0. The van der Waals surface area contributed by atoms with Crippen LogP contribution in [0.3, 0.4) is 0 Å². The number of nitrogens with two attached hydrogens (primary N) is 1. The maximum Gasteiger partial charge on any atom is 0.508 e. The van der Waals surface area contributed by atoms with Gasteiger partial charge in [0.25, 0.3) is 0 Å². The Labute approximate surface area is 389 Å². The SMILES string of the molecule is CC(C)OC(=O)Cc1ccccc1.CC(CO)Cc1ccccc1.CC(O)CCc1ccccc1.CC1COC(=O)N1c1ccccc1.CC1COC(=O)O1.Nc1ccccc1.O.O=C=O. The van der Waals surface area contributed by atoms with Crippen LogP contribution >= 0.6 is 0 Å². The number of ether oxygens (including phenoxy) is 4. The first-order chi connectivity index (χ1) is 31.2. The van der Waals surface area contributed by atoms with Gasteiger partial charge in [0.1, 0.15) is 19.3 Å². The van der Waals surface area contributed by atoms with Crippen molar-refractivity contribution < 1.29 is 58.6 Å². The number of amides is 1. The van der Waals surface area contributed by atoms with E-state index >= 15 is 0 Å². The van der Waals surface area contributed by atoms with Crippen LogP contribution in [0.5, 0.6) is 0 Å². The molecule has 4 atom stereocenters. The van der Waals surface area contributed by atoms with Gasteiger partial charge in [-0.25, -0.2) is 9.59 Å². The molecule has 1 amide bonds. The zero-order valence-electron chi connectivity index (χ0n) is 38.9. The van der Waals surface area contributed by atoms with E-state index in [0.29, 0.717) is 25.6 Å². The summed E-state index contributed by atoms with van der Waals surface area (Å²) in [6, 6.07) is 49.2. The van der Waals surface area contributed by atoms with Crippen LogP contribution < -0.4 is 10.6 Å².